The maximum Gasteiger partial charge on any atom is 0.323 e. The molecule has 1 rings (SSSR count). The summed E-state index contributed by atoms with van der Waals surface area (Å²) in [5, 5.41) is 13.1. The van der Waals surface area contributed by atoms with Crippen molar-refractivity contribution in [3.05, 3.63) is 17.5 Å². The van der Waals surface area contributed by atoms with Crippen molar-refractivity contribution in [3.8, 4) is 0 Å². The molecule has 1 aromatic rings. The number of amides is 1. The second-order valence-electron chi connectivity index (χ2n) is 5.10. The van der Waals surface area contributed by atoms with Crippen LogP contribution in [0.1, 0.15) is 49.8 Å². The van der Waals surface area contributed by atoms with E-state index in [0.29, 0.717) is 5.56 Å². The molecule has 0 aromatic carbocycles. The molecule has 0 saturated heterocycles. The lowest BCUT2D eigenvalue weighted by atomic mass is 10.2. The van der Waals surface area contributed by atoms with Crippen molar-refractivity contribution in [2.24, 2.45) is 0 Å². The number of carboxylic acid groups (broad SMARTS) is 1. The van der Waals surface area contributed by atoms with Gasteiger partial charge in [0.15, 0.2) is 0 Å². The van der Waals surface area contributed by atoms with E-state index in [-0.39, 0.29) is 24.5 Å². The van der Waals surface area contributed by atoms with E-state index >= 15 is 0 Å². The zero-order chi connectivity index (χ0) is 14.7. The number of carbonyl (C=O) groups is 2. The lowest BCUT2D eigenvalue weighted by Gasteiger charge is -2.24. The summed E-state index contributed by atoms with van der Waals surface area (Å²) in [6.45, 7) is 9.06. The Morgan fingerprint density at radius 3 is 2.32 bits per heavy atom. The minimum atomic E-state index is -1.02. The molecule has 1 heterocycles. The Balaban J connectivity index is 3.07. The van der Waals surface area contributed by atoms with Gasteiger partial charge in [0.05, 0.1) is 11.8 Å². The van der Waals surface area contributed by atoms with Gasteiger partial charge in [-0.05, 0) is 34.6 Å². The van der Waals surface area contributed by atoms with Crippen molar-refractivity contribution in [1.29, 1.82) is 0 Å². The highest BCUT2D eigenvalue weighted by atomic mass is 16.4. The summed E-state index contributed by atoms with van der Waals surface area (Å²) in [6, 6.07) is -0.0149. The van der Waals surface area contributed by atoms with Gasteiger partial charge in [0.1, 0.15) is 6.54 Å². The van der Waals surface area contributed by atoms with E-state index in [1.165, 1.54) is 11.1 Å². The molecule has 6 heteroatoms. The number of nitrogens with zero attached hydrogens (tertiary/aromatic N) is 3. The molecule has 0 atom stereocenters. The van der Waals surface area contributed by atoms with Crippen molar-refractivity contribution in [2.75, 3.05) is 6.54 Å². The minimum Gasteiger partial charge on any atom is -0.480 e. The second kappa shape index (κ2) is 5.86. The average Bonchev–Trinajstić information content (AvgIpc) is 2.66. The first-order chi connectivity index (χ1) is 8.75. The quantitative estimate of drug-likeness (QED) is 0.881. The van der Waals surface area contributed by atoms with E-state index in [4.69, 9.17) is 5.11 Å². The molecule has 1 aromatic heterocycles. The van der Waals surface area contributed by atoms with E-state index in [1.54, 1.807) is 18.5 Å². The van der Waals surface area contributed by atoms with Crippen LogP contribution in [-0.4, -0.2) is 44.3 Å². The SMILES string of the molecule is Cc1c(C(=O)N(CC(=O)O)C(C)C)cnn1C(C)C. The lowest BCUT2D eigenvalue weighted by molar-refractivity contribution is -0.138. The fourth-order valence-electron chi connectivity index (χ4n) is 1.94. The molecule has 0 saturated carbocycles. The largest absolute Gasteiger partial charge is 0.480 e. The third kappa shape index (κ3) is 3.33. The zero-order valence-corrected chi connectivity index (χ0v) is 12.0. The normalized spacial score (nSPS) is 11.1. The van der Waals surface area contributed by atoms with Gasteiger partial charge in [-0.25, -0.2) is 0 Å². The van der Waals surface area contributed by atoms with E-state index in [9.17, 15) is 9.59 Å². The lowest BCUT2D eigenvalue weighted by Crippen LogP contribution is -2.40. The van der Waals surface area contributed by atoms with E-state index in [2.05, 4.69) is 5.10 Å². The highest BCUT2D eigenvalue weighted by molar-refractivity contribution is 5.96. The maximum absolute atomic E-state index is 12.4. The first kappa shape index (κ1) is 15.2. The van der Waals surface area contributed by atoms with E-state index in [0.717, 1.165) is 5.69 Å². The van der Waals surface area contributed by atoms with Gasteiger partial charge < -0.3 is 10.0 Å². The first-order valence-electron chi connectivity index (χ1n) is 6.32. The molecule has 6 nitrogen and oxygen atoms in total. The number of aliphatic carboxylic acids is 1. The monoisotopic (exact) mass is 267 g/mol. The predicted octanol–water partition coefficient (Wildman–Crippen LogP) is 1.71. The Hall–Kier alpha value is -1.85. The molecule has 0 aliphatic carbocycles. The fraction of sp³-hybridized carbons (Fsp3) is 0.615. The van der Waals surface area contributed by atoms with Crippen molar-refractivity contribution in [1.82, 2.24) is 14.7 Å². The summed E-state index contributed by atoms with van der Waals surface area (Å²) >= 11 is 0. The molecule has 0 unspecified atom stereocenters. The Kier molecular flexibility index (Phi) is 4.69. The number of carboxylic acids is 1. The highest BCUT2D eigenvalue weighted by Gasteiger charge is 2.25. The molecule has 0 fully saturated rings. The van der Waals surface area contributed by atoms with Crippen LogP contribution >= 0.6 is 0 Å². The summed E-state index contributed by atoms with van der Waals surface area (Å²) in [5.41, 5.74) is 1.22. The van der Waals surface area contributed by atoms with Crippen LogP contribution in [0, 0.1) is 6.92 Å². The number of hydrogen-bond acceptors (Lipinski definition) is 3. The summed E-state index contributed by atoms with van der Waals surface area (Å²) in [7, 11) is 0. The van der Waals surface area contributed by atoms with Crippen molar-refractivity contribution < 1.29 is 14.7 Å². The maximum atomic E-state index is 12.4. The number of hydrogen-bond donors (Lipinski definition) is 1. The zero-order valence-electron chi connectivity index (χ0n) is 12.0. The Morgan fingerprint density at radius 1 is 1.37 bits per heavy atom. The Morgan fingerprint density at radius 2 is 1.95 bits per heavy atom. The third-order valence-electron chi connectivity index (χ3n) is 2.95. The van der Waals surface area contributed by atoms with Gasteiger partial charge in [0, 0.05) is 17.8 Å². The van der Waals surface area contributed by atoms with Gasteiger partial charge in [-0.3, -0.25) is 14.3 Å². The topological polar surface area (TPSA) is 75.4 Å². The van der Waals surface area contributed by atoms with Crippen LogP contribution in [-0.2, 0) is 4.79 Å². The minimum absolute atomic E-state index is 0.161. The summed E-state index contributed by atoms with van der Waals surface area (Å²) in [4.78, 5) is 24.6. The number of aromatic nitrogens is 2. The molecule has 1 N–H and O–H groups in total. The number of rotatable bonds is 5. The van der Waals surface area contributed by atoms with Crippen LogP contribution in [0.2, 0.25) is 0 Å². The van der Waals surface area contributed by atoms with E-state index < -0.39 is 5.97 Å². The van der Waals surface area contributed by atoms with Gasteiger partial charge in [0.25, 0.3) is 5.91 Å². The molecule has 0 aliphatic heterocycles. The molecular formula is C13H21N3O3. The molecule has 0 aliphatic rings. The number of carbonyl (C=O) groups excluding carboxylic acids is 1. The van der Waals surface area contributed by atoms with Crippen molar-refractivity contribution in [2.45, 2.75) is 46.7 Å². The van der Waals surface area contributed by atoms with Crippen molar-refractivity contribution >= 4 is 11.9 Å². The van der Waals surface area contributed by atoms with Gasteiger partial charge in [0.2, 0.25) is 0 Å². The molecule has 1 amide bonds. The fourth-order valence-corrected chi connectivity index (χ4v) is 1.94. The van der Waals surface area contributed by atoms with Crippen LogP contribution in [0.25, 0.3) is 0 Å². The first-order valence-corrected chi connectivity index (χ1v) is 6.32. The van der Waals surface area contributed by atoms with Gasteiger partial charge in [-0.15, -0.1) is 0 Å². The molecule has 0 bridgehead atoms. The second-order valence-corrected chi connectivity index (χ2v) is 5.10. The standard InChI is InChI=1S/C13H21N3O3/c1-8(2)15(7-12(17)18)13(19)11-6-14-16(9(3)4)10(11)5/h6,8-9H,7H2,1-5H3,(H,17,18). The van der Waals surface area contributed by atoms with E-state index in [1.807, 2.05) is 20.8 Å². The summed E-state index contributed by atoms with van der Waals surface area (Å²) in [5.74, 6) is -1.31. The predicted molar refractivity (Wildman–Crippen MR) is 71.2 cm³/mol. The van der Waals surface area contributed by atoms with Crippen molar-refractivity contribution in [3.63, 3.8) is 0 Å². The van der Waals surface area contributed by atoms with Crippen LogP contribution in [0.15, 0.2) is 6.20 Å². The summed E-state index contributed by atoms with van der Waals surface area (Å²) < 4.78 is 1.76. The van der Waals surface area contributed by atoms with Crippen LogP contribution in [0.4, 0.5) is 0 Å². The molecular weight excluding hydrogens is 246 g/mol. The molecule has 0 spiro atoms. The smallest absolute Gasteiger partial charge is 0.323 e. The Labute approximate surface area is 113 Å². The summed E-state index contributed by atoms with van der Waals surface area (Å²) in [6.07, 6.45) is 1.51. The van der Waals surface area contributed by atoms with Crippen LogP contribution in [0.3, 0.4) is 0 Å². The Bertz CT molecular complexity index is 477. The third-order valence-corrected chi connectivity index (χ3v) is 2.95. The molecule has 0 radical (unpaired) electrons. The van der Waals surface area contributed by atoms with Gasteiger partial charge >= 0.3 is 5.97 Å². The van der Waals surface area contributed by atoms with Gasteiger partial charge in [-0.1, -0.05) is 0 Å². The highest BCUT2D eigenvalue weighted by Crippen LogP contribution is 2.16. The average molecular weight is 267 g/mol. The van der Waals surface area contributed by atoms with Gasteiger partial charge in [-0.2, -0.15) is 5.10 Å². The van der Waals surface area contributed by atoms with Crippen LogP contribution < -0.4 is 0 Å². The molecule has 106 valence electrons. The molecule has 19 heavy (non-hydrogen) atoms. The van der Waals surface area contributed by atoms with Crippen LogP contribution in [0.5, 0.6) is 0 Å².